The van der Waals surface area contributed by atoms with Crippen molar-refractivity contribution in [1.82, 2.24) is 0 Å². The molecular formula is C18H19ClN2O3. The zero-order chi connectivity index (χ0) is 17.7. The first-order valence-corrected chi connectivity index (χ1v) is 7.94. The van der Waals surface area contributed by atoms with Gasteiger partial charge in [0.2, 0.25) is 0 Å². The number of anilines is 2. The van der Waals surface area contributed by atoms with Crippen molar-refractivity contribution < 1.29 is 14.3 Å². The molecule has 0 bridgehead atoms. The quantitative estimate of drug-likeness (QED) is 0.639. The molecule has 1 amide bonds. The van der Waals surface area contributed by atoms with E-state index in [1.807, 2.05) is 24.3 Å². The summed E-state index contributed by atoms with van der Waals surface area (Å²) in [6.45, 7) is 3.55. The normalized spacial score (nSPS) is 11.6. The lowest BCUT2D eigenvalue weighted by atomic mass is 10.1. The standard InChI is InChI=1S/C18H19ClN2O3/c1-3-12-4-7-14(8-5-12)21-17(22)11(2)24-18(23)15-9-6-13(19)10-16(15)20/h4-11H,3,20H2,1-2H3,(H,21,22)/t11-/m1/s1. The van der Waals surface area contributed by atoms with Crippen molar-refractivity contribution in [3.8, 4) is 0 Å². The molecule has 0 aliphatic rings. The van der Waals surface area contributed by atoms with Gasteiger partial charge < -0.3 is 15.8 Å². The van der Waals surface area contributed by atoms with E-state index < -0.39 is 18.0 Å². The number of halogens is 1. The highest BCUT2D eigenvalue weighted by Gasteiger charge is 2.20. The Morgan fingerprint density at radius 3 is 2.46 bits per heavy atom. The molecule has 2 aromatic rings. The fraction of sp³-hybridized carbons (Fsp3) is 0.222. The molecule has 0 spiro atoms. The lowest BCUT2D eigenvalue weighted by Gasteiger charge is -2.14. The van der Waals surface area contributed by atoms with Crippen LogP contribution >= 0.6 is 11.6 Å². The summed E-state index contributed by atoms with van der Waals surface area (Å²) in [5.74, 6) is -1.09. The van der Waals surface area contributed by atoms with Crippen molar-refractivity contribution in [3.05, 3.63) is 58.6 Å². The summed E-state index contributed by atoms with van der Waals surface area (Å²) in [5, 5.41) is 3.13. The Morgan fingerprint density at radius 2 is 1.88 bits per heavy atom. The number of benzene rings is 2. The SMILES string of the molecule is CCc1ccc(NC(=O)[C@@H](C)OC(=O)c2ccc(Cl)cc2N)cc1. The van der Waals surface area contributed by atoms with Crippen molar-refractivity contribution in [3.63, 3.8) is 0 Å². The molecule has 0 aliphatic carbocycles. The number of aryl methyl sites for hydroxylation is 1. The van der Waals surface area contributed by atoms with Crippen molar-refractivity contribution in [2.45, 2.75) is 26.4 Å². The van der Waals surface area contributed by atoms with E-state index in [1.165, 1.54) is 30.7 Å². The maximum atomic E-state index is 12.1. The molecule has 2 aromatic carbocycles. The molecule has 2 rings (SSSR count). The van der Waals surface area contributed by atoms with Gasteiger partial charge in [-0.2, -0.15) is 0 Å². The summed E-state index contributed by atoms with van der Waals surface area (Å²) in [4.78, 5) is 24.2. The molecule has 0 unspecified atom stereocenters. The molecule has 0 saturated carbocycles. The predicted octanol–water partition coefficient (Wildman–Crippen LogP) is 3.67. The third kappa shape index (κ3) is 4.49. The van der Waals surface area contributed by atoms with Gasteiger partial charge in [0.05, 0.1) is 5.56 Å². The highest BCUT2D eigenvalue weighted by Crippen LogP contribution is 2.19. The lowest BCUT2D eigenvalue weighted by molar-refractivity contribution is -0.123. The van der Waals surface area contributed by atoms with E-state index in [-0.39, 0.29) is 11.3 Å². The summed E-state index contributed by atoms with van der Waals surface area (Å²) in [6.07, 6.45) is -0.0384. The molecule has 0 radical (unpaired) electrons. The van der Waals surface area contributed by atoms with Gasteiger partial charge in [0.1, 0.15) is 0 Å². The molecule has 0 aromatic heterocycles. The topological polar surface area (TPSA) is 81.4 Å². The first-order chi connectivity index (χ1) is 11.4. The van der Waals surface area contributed by atoms with E-state index in [2.05, 4.69) is 12.2 Å². The lowest BCUT2D eigenvalue weighted by Crippen LogP contribution is -2.30. The highest BCUT2D eigenvalue weighted by molar-refractivity contribution is 6.31. The number of nitrogen functional groups attached to an aromatic ring is 1. The summed E-state index contributed by atoms with van der Waals surface area (Å²) >= 11 is 5.79. The molecule has 1 atom stereocenters. The second-order valence-corrected chi connectivity index (χ2v) is 5.76. The first-order valence-electron chi connectivity index (χ1n) is 7.56. The van der Waals surface area contributed by atoms with E-state index in [0.29, 0.717) is 10.7 Å². The second-order valence-electron chi connectivity index (χ2n) is 5.32. The van der Waals surface area contributed by atoms with Gasteiger partial charge in [-0.3, -0.25) is 4.79 Å². The Bertz CT molecular complexity index is 744. The number of hydrogen-bond acceptors (Lipinski definition) is 4. The molecule has 3 N–H and O–H groups in total. The number of ether oxygens (including phenoxy) is 1. The Labute approximate surface area is 145 Å². The fourth-order valence-corrected chi connectivity index (χ4v) is 2.25. The van der Waals surface area contributed by atoms with Crippen LogP contribution in [0, 0.1) is 0 Å². The molecule has 0 saturated heterocycles. The summed E-state index contributed by atoms with van der Waals surface area (Å²) < 4.78 is 5.16. The third-order valence-electron chi connectivity index (χ3n) is 3.52. The van der Waals surface area contributed by atoms with Gasteiger partial charge in [-0.25, -0.2) is 4.79 Å². The smallest absolute Gasteiger partial charge is 0.341 e. The molecule has 6 heteroatoms. The van der Waals surface area contributed by atoms with Crippen LogP contribution < -0.4 is 11.1 Å². The monoisotopic (exact) mass is 346 g/mol. The van der Waals surface area contributed by atoms with Gasteiger partial charge in [0.25, 0.3) is 5.91 Å². The van der Waals surface area contributed by atoms with E-state index in [0.717, 1.165) is 6.42 Å². The number of carbonyl (C=O) groups excluding carboxylic acids is 2. The molecule has 0 heterocycles. The van der Waals surface area contributed by atoms with Gasteiger partial charge in [-0.1, -0.05) is 30.7 Å². The van der Waals surface area contributed by atoms with E-state index in [9.17, 15) is 9.59 Å². The van der Waals surface area contributed by atoms with Gasteiger partial charge >= 0.3 is 5.97 Å². The summed E-state index contributed by atoms with van der Waals surface area (Å²) in [6, 6.07) is 11.9. The van der Waals surface area contributed by atoms with Gasteiger partial charge in [0.15, 0.2) is 6.10 Å². The van der Waals surface area contributed by atoms with Crippen molar-refractivity contribution in [1.29, 1.82) is 0 Å². The van der Waals surface area contributed by atoms with Gasteiger partial charge in [-0.05, 0) is 49.2 Å². The van der Waals surface area contributed by atoms with Crippen LogP contribution in [0.3, 0.4) is 0 Å². The molecule has 126 valence electrons. The van der Waals surface area contributed by atoms with Crippen LogP contribution in [0.25, 0.3) is 0 Å². The van der Waals surface area contributed by atoms with Gasteiger partial charge in [0, 0.05) is 16.4 Å². The minimum Gasteiger partial charge on any atom is -0.449 e. The van der Waals surface area contributed by atoms with Crippen LogP contribution in [0.4, 0.5) is 11.4 Å². The molecule has 0 aliphatic heterocycles. The van der Waals surface area contributed by atoms with Crippen LogP contribution in [0.1, 0.15) is 29.8 Å². The number of esters is 1. The summed E-state index contributed by atoms with van der Waals surface area (Å²) in [5.41, 5.74) is 7.93. The largest absolute Gasteiger partial charge is 0.449 e. The van der Waals surface area contributed by atoms with Crippen molar-refractivity contribution in [2.24, 2.45) is 0 Å². The molecule has 5 nitrogen and oxygen atoms in total. The maximum absolute atomic E-state index is 12.1. The van der Waals surface area contributed by atoms with Crippen LogP contribution in [-0.4, -0.2) is 18.0 Å². The minimum atomic E-state index is -0.960. The number of amides is 1. The van der Waals surface area contributed by atoms with E-state index in [4.69, 9.17) is 22.1 Å². The predicted molar refractivity (Wildman–Crippen MR) is 95.2 cm³/mol. The minimum absolute atomic E-state index is 0.173. The van der Waals surface area contributed by atoms with Crippen LogP contribution in [-0.2, 0) is 16.0 Å². The van der Waals surface area contributed by atoms with E-state index in [1.54, 1.807) is 0 Å². The van der Waals surface area contributed by atoms with Crippen LogP contribution in [0.5, 0.6) is 0 Å². The van der Waals surface area contributed by atoms with Crippen molar-refractivity contribution >= 4 is 34.9 Å². The van der Waals surface area contributed by atoms with Gasteiger partial charge in [-0.15, -0.1) is 0 Å². The molecule has 0 fully saturated rings. The Kier molecular flexibility index (Phi) is 5.82. The Morgan fingerprint density at radius 1 is 1.21 bits per heavy atom. The average Bonchev–Trinajstić information content (AvgIpc) is 2.55. The maximum Gasteiger partial charge on any atom is 0.341 e. The van der Waals surface area contributed by atoms with Crippen LogP contribution in [0.2, 0.25) is 5.02 Å². The van der Waals surface area contributed by atoms with Crippen molar-refractivity contribution in [2.75, 3.05) is 11.1 Å². The average molecular weight is 347 g/mol. The zero-order valence-corrected chi connectivity index (χ0v) is 14.3. The number of carbonyl (C=O) groups is 2. The highest BCUT2D eigenvalue weighted by atomic mass is 35.5. The Hall–Kier alpha value is -2.53. The number of nitrogens with two attached hydrogens (primary N) is 1. The number of rotatable bonds is 5. The zero-order valence-electron chi connectivity index (χ0n) is 13.5. The Balaban J connectivity index is 1.98. The number of nitrogens with one attached hydrogen (secondary N) is 1. The summed E-state index contributed by atoms with van der Waals surface area (Å²) in [7, 11) is 0. The first kappa shape index (κ1) is 17.8. The van der Waals surface area contributed by atoms with Crippen LogP contribution in [0.15, 0.2) is 42.5 Å². The molecular weight excluding hydrogens is 328 g/mol. The third-order valence-corrected chi connectivity index (χ3v) is 3.75. The molecule has 24 heavy (non-hydrogen) atoms. The second kappa shape index (κ2) is 7.84. The fourth-order valence-electron chi connectivity index (χ4n) is 2.06. The number of hydrogen-bond donors (Lipinski definition) is 2. The van der Waals surface area contributed by atoms with E-state index >= 15 is 0 Å².